The first kappa shape index (κ1) is 16.9. The first-order valence-corrected chi connectivity index (χ1v) is 7.57. The Bertz CT molecular complexity index is 700. The Labute approximate surface area is 135 Å². The number of hydrogen-bond donors (Lipinski definition) is 1. The molecule has 6 nitrogen and oxygen atoms in total. The third kappa shape index (κ3) is 4.74. The summed E-state index contributed by atoms with van der Waals surface area (Å²) >= 11 is 0. The molecule has 0 saturated heterocycles. The van der Waals surface area contributed by atoms with Crippen molar-refractivity contribution in [2.45, 2.75) is 32.7 Å². The number of aromatic nitrogens is 2. The lowest BCUT2D eigenvalue weighted by atomic mass is 10.1. The number of methoxy groups -OCH3 is 1. The molecule has 2 aromatic rings. The molecule has 1 N–H and O–H groups in total. The second-order valence-corrected chi connectivity index (χ2v) is 5.80. The van der Waals surface area contributed by atoms with Crippen molar-refractivity contribution in [3.63, 3.8) is 0 Å². The highest BCUT2D eigenvalue weighted by Gasteiger charge is 2.23. The van der Waals surface area contributed by atoms with Gasteiger partial charge in [-0.2, -0.15) is 0 Å². The minimum atomic E-state index is -0.762. The van der Waals surface area contributed by atoms with Crippen LogP contribution in [-0.2, 0) is 20.7 Å². The van der Waals surface area contributed by atoms with E-state index in [1.54, 1.807) is 6.20 Å². The van der Waals surface area contributed by atoms with Crippen molar-refractivity contribution >= 4 is 22.9 Å². The normalized spacial score (nSPS) is 12.2. The zero-order chi connectivity index (χ0) is 16.8. The van der Waals surface area contributed by atoms with E-state index in [0.29, 0.717) is 12.1 Å². The zero-order valence-electron chi connectivity index (χ0n) is 13.6. The van der Waals surface area contributed by atoms with Gasteiger partial charge in [-0.3, -0.25) is 9.78 Å². The molecule has 1 aromatic carbocycles. The van der Waals surface area contributed by atoms with Crippen molar-refractivity contribution in [1.82, 2.24) is 15.3 Å². The average Bonchev–Trinajstić information content (AvgIpc) is 2.52. The molecular weight excluding hydrogens is 294 g/mol. The fourth-order valence-electron chi connectivity index (χ4n) is 2.26. The number of carbonyl (C=O) groups is 2. The Kier molecular flexibility index (Phi) is 5.62. The van der Waals surface area contributed by atoms with Crippen molar-refractivity contribution in [3.8, 4) is 0 Å². The summed E-state index contributed by atoms with van der Waals surface area (Å²) in [4.78, 5) is 32.6. The maximum atomic E-state index is 11.9. The summed E-state index contributed by atoms with van der Waals surface area (Å²) in [5.41, 5.74) is 2.17. The highest BCUT2D eigenvalue weighted by molar-refractivity contribution is 5.84. The zero-order valence-corrected chi connectivity index (χ0v) is 13.6. The van der Waals surface area contributed by atoms with Crippen LogP contribution in [0, 0.1) is 5.92 Å². The van der Waals surface area contributed by atoms with Crippen LogP contribution < -0.4 is 5.32 Å². The topological polar surface area (TPSA) is 81.2 Å². The predicted octanol–water partition coefficient (Wildman–Crippen LogP) is 1.88. The largest absolute Gasteiger partial charge is 0.467 e. The molecule has 0 spiro atoms. The van der Waals surface area contributed by atoms with Crippen LogP contribution in [0.5, 0.6) is 0 Å². The van der Waals surface area contributed by atoms with Crippen molar-refractivity contribution in [2.75, 3.05) is 7.11 Å². The number of carbonyl (C=O) groups excluding carboxylic acids is 2. The summed E-state index contributed by atoms with van der Waals surface area (Å²) in [5.74, 6) is -0.449. The number of ether oxygens (including phenoxy) is 1. The molecule has 23 heavy (non-hydrogen) atoms. The second-order valence-electron chi connectivity index (χ2n) is 5.80. The molecule has 0 aliphatic heterocycles. The fourth-order valence-corrected chi connectivity index (χ4v) is 2.26. The predicted molar refractivity (Wildman–Crippen MR) is 86.6 cm³/mol. The Morgan fingerprint density at radius 1 is 1.22 bits per heavy atom. The molecule has 0 aliphatic rings. The molecular formula is C17H21N3O3. The minimum Gasteiger partial charge on any atom is -0.467 e. The third-order valence-corrected chi connectivity index (χ3v) is 3.33. The Morgan fingerprint density at radius 3 is 2.57 bits per heavy atom. The van der Waals surface area contributed by atoms with Crippen molar-refractivity contribution in [1.29, 1.82) is 0 Å². The van der Waals surface area contributed by atoms with E-state index in [1.165, 1.54) is 7.11 Å². The number of nitrogens with zero attached hydrogens (tertiary/aromatic N) is 2. The van der Waals surface area contributed by atoms with Gasteiger partial charge in [-0.05, 0) is 18.1 Å². The lowest BCUT2D eigenvalue weighted by Crippen LogP contribution is -2.43. The standard InChI is InChI=1S/C17H21N3O3/c1-11(2)8-16(21)20-15(17(22)23-3)9-12-10-18-13-6-4-5-7-14(13)19-12/h4-7,10-11,15H,8-9H2,1-3H3,(H,20,21)/t15-/m1/s1. The summed E-state index contributed by atoms with van der Waals surface area (Å²) in [6.45, 7) is 3.89. The molecule has 1 amide bonds. The number of esters is 1. The minimum absolute atomic E-state index is 0.177. The Hall–Kier alpha value is -2.50. The van der Waals surface area contributed by atoms with Gasteiger partial charge in [0.25, 0.3) is 0 Å². The van der Waals surface area contributed by atoms with E-state index in [4.69, 9.17) is 4.74 Å². The Morgan fingerprint density at radius 2 is 1.91 bits per heavy atom. The van der Waals surface area contributed by atoms with Crippen LogP contribution in [0.25, 0.3) is 11.0 Å². The summed E-state index contributed by atoms with van der Waals surface area (Å²) in [6, 6.07) is 6.73. The molecule has 0 aliphatic carbocycles. The molecule has 6 heteroatoms. The van der Waals surface area contributed by atoms with E-state index in [0.717, 1.165) is 11.0 Å². The van der Waals surface area contributed by atoms with Gasteiger partial charge in [0, 0.05) is 19.0 Å². The quantitative estimate of drug-likeness (QED) is 0.823. The van der Waals surface area contributed by atoms with E-state index in [2.05, 4.69) is 15.3 Å². The van der Waals surface area contributed by atoms with Gasteiger partial charge in [0.15, 0.2) is 0 Å². The second kappa shape index (κ2) is 7.67. The van der Waals surface area contributed by atoms with Crippen molar-refractivity contribution in [3.05, 3.63) is 36.2 Å². The maximum Gasteiger partial charge on any atom is 0.328 e. The highest BCUT2D eigenvalue weighted by atomic mass is 16.5. The first-order valence-electron chi connectivity index (χ1n) is 7.57. The number of hydrogen-bond acceptors (Lipinski definition) is 5. The van der Waals surface area contributed by atoms with Crippen LogP contribution in [0.4, 0.5) is 0 Å². The van der Waals surface area contributed by atoms with Crippen LogP contribution in [0.2, 0.25) is 0 Å². The SMILES string of the molecule is COC(=O)[C@@H](Cc1cnc2ccccc2n1)NC(=O)CC(C)C. The Balaban J connectivity index is 2.15. The summed E-state index contributed by atoms with van der Waals surface area (Å²) in [6.07, 6.45) is 2.22. The van der Waals surface area contributed by atoms with Crippen LogP contribution in [0.3, 0.4) is 0 Å². The summed E-state index contributed by atoms with van der Waals surface area (Å²) in [5, 5.41) is 2.71. The number of rotatable bonds is 6. The lowest BCUT2D eigenvalue weighted by molar-refractivity contribution is -0.145. The number of nitrogens with one attached hydrogen (secondary N) is 1. The monoisotopic (exact) mass is 315 g/mol. The maximum absolute atomic E-state index is 11.9. The van der Waals surface area contributed by atoms with Gasteiger partial charge < -0.3 is 10.1 Å². The van der Waals surface area contributed by atoms with Crippen LogP contribution in [0.1, 0.15) is 26.0 Å². The molecule has 2 rings (SSSR count). The van der Waals surface area contributed by atoms with Gasteiger partial charge in [-0.15, -0.1) is 0 Å². The van der Waals surface area contributed by atoms with Gasteiger partial charge in [-0.1, -0.05) is 26.0 Å². The number of para-hydroxylation sites is 2. The molecule has 0 radical (unpaired) electrons. The van der Waals surface area contributed by atoms with Gasteiger partial charge >= 0.3 is 5.97 Å². The van der Waals surface area contributed by atoms with E-state index >= 15 is 0 Å². The first-order chi connectivity index (χ1) is 11.0. The van der Waals surface area contributed by atoms with Gasteiger partial charge in [0.2, 0.25) is 5.91 Å². The van der Waals surface area contributed by atoms with Crippen LogP contribution >= 0.6 is 0 Å². The molecule has 0 saturated carbocycles. The molecule has 1 heterocycles. The van der Waals surface area contributed by atoms with E-state index in [9.17, 15) is 9.59 Å². The summed E-state index contributed by atoms with van der Waals surface area (Å²) < 4.78 is 4.78. The van der Waals surface area contributed by atoms with Crippen LogP contribution in [-0.4, -0.2) is 35.0 Å². The molecule has 0 bridgehead atoms. The van der Waals surface area contributed by atoms with Crippen molar-refractivity contribution < 1.29 is 14.3 Å². The average molecular weight is 315 g/mol. The van der Waals surface area contributed by atoms with Gasteiger partial charge in [0.1, 0.15) is 6.04 Å². The highest BCUT2D eigenvalue weighted by Crippen LogP contribution is 2.10. The molecule has 0 fully saturated rings. The molecule has 0 unspecified atom stereocenters. The van der Waals surface area contributed by atoms with Crippen LogP contribution in [0.15, 0.2) is 30.5 Å². The number of amides is 1. The number of benzene rings is 1. The van der Waals surface area contributed by atoms with Gasteiger partial charge in [0.05, 0.1) is 23.8 Å². The van der Waals surface area contributed by atoms with E-state index in [-0.39, 0.29) is 18.2 Å². The van der Waals surface area contributed by atoms with Gasteiger partial charge in [-0.25, -0.2) is 9.78 Å². The smallest absolute Gasteiger partial charge is 0.328 e. The summed E-state index contributed by atoms with van der Waals surface area (Å²) in [7, 11) is 1.30. The molecule has 1 atom stereocenters. The molecule has 1 aromatic heterocycles. The van der Waals surface area contributed by atoms with E-state index < -0.39 is 12.0 Å². The lowest BCUT2D eigenvalue weighted by Gasteiger charge is -2.17. The van der Waals surface area contributed by atoms with E-state index in [1.807, 2.05) is 38.1 Å². The number of fused-ring (bicyclic) bond motifs is 1. The fraction of sp³-hybridized carbons (Fsp3) is 0.412. The molecule has 122 valence electrons. The third-order valence-electron chi connectivity index (χ3n) is 3.33. The van der Waals surface area contributed by atoms with Crippen molar-refractivity contribution in [2.24, 2.45) is 5.92 Å².